The molecule has 2 aromatic carbocycles. The van der Waals surface area contributed by atoms with Crippen molar-refractivity contribution >= 4 is 27.4 Å². The number of ether oxygens (including phenoxy) is 1. The van der Waals surface area contributed by atoms with Crippen LogP contribution < -0.4 is 5.32 Å². The number of amides is 1. The molecule has 2 aromatic rings. The SMILES string of the molecule is O=C(COC(=O)c1ccc(S(=O)(=O)C(F)F)cc1)Nc1ccc(F)c(F)c1. The molecule has 0 saturated carbocycles. The Morgan fingerprint density at radius 3 is 2.19 bits per heavy atom. The molecule has 1 N–H and O–H groups in total. The lowest BCUT2D eigenvalue weighted by atomic mass is 10.2. The molecular weight excluding hydrogens is 394 g/mol. The first-order chi connectivity index (χ1) is 12.6. The molecule has 144 valence electrons. The molecule has 0 spiro atoms. The number of hydrogen-bond donors (Lipinski definition) is 1. The first kappa shape index (κ1) is 20.4. The zero-order valence-electron chi connectivity index (χ0n) is 13.3. The van der Waals surface area contributed by atoms with E-state index in [2.05, 4.69) is 10.1 Å². The van der Waals surface area contributed by atoms with Crippen molar-refractivity contribution in [2.45, 2.75) is 10.7 Å². The van der Waals surface area contributed by atoms with E-state index in [1.54, 1.807) is 0 Å². The Kier molecular flexibility index (Phi) is 6.16. The van der Waals surface area contributed by atoms with E-state index >= 15 is 0 Å². The van der Waals surface area contributed by atoms with Crippen molar-refractivity contribution in [3.63, 3.8) is 0 Å². The first-order valence-corrected chi connectivity index (χ1v) is 8.70. The minimum Gasteiger partial charge on any atom is -0.452 e. The van der Waals surface area contributed by atoms with E-state index in [1.807, 2.05) is 0 Å². The average molecular weight is 405 g/mol. The largest absolute Gasteiger partial charge is 0.452 e. The van der Waals surface area contributed by atoms with Crippen LogP contribution >= 0.6 is 0 Å². The molecule has 6 nitrogen and oxygen atoms in total. The van der Waals surface area contributed by atoms with E-state index in [4.69, 9.17) is 0 Å². The van der Waals surface area contributed by atoms with E-state index in [1.165, 1.54) is 0 Å². The van der Waals surface area contributed by atoms with Gasteiger partial charge in [0, 0.05) is 11.8 Å². The van der Waals surface area contributed by atoms with Crippen molar-refractivity contribution in [2.24, 2.45) is 0 Å². The third-order valence-corrected chi connectivity index (χ3v) is 4.59. The molecule has 11 heteroatoms. The Hall–Kier alpha value is -2.95. The highest BCUT2D eigenvalue weighted by Gasteiger charge is 2.26. The number of sulfone groups is 1. The number of benzene rings is 2. The molecule has 0 unspecified atom stereocenters. The normalized spacial score (nSPS) is 11.3. The fourth-order valence-corrected chi connectivity index (χ4v) is 2.59. The van der Waals surface area contributed by atoms with Crippen molar-refractivity contribution in [3.8, 4) is 0 Å². The fraction of sp³-hybridized carbons (Fsp3) is 0.125. The van der Waals surface area contributed by atoms with Crippen LogP contribution in [-0.2, 0) is 19.4 Å². The van der Waals surface area contributed by atoms with Gasteiger partial charge < -0.3 is 10.1 Å². The summed E-state index contributed by atoms with van der Waals surface area (Å²) in [5, 5.41) is 2.17. The van der Waals surface area contributed by atoms with Crippen LogP contribution in [0, 0.1) is 11.6 Å². The van der Waals surface area contributed by atoms with Crippen molar-refractivity contribution in [3.05, 3.63) is 59.7 Å². The van der Waals surface area contributed by atoms with Crippen molar-refractivity contribution in [1.82, 2.24) is 0 Å². The van der Waals surface area contributed by atoms with Crippen LogP contribution in [0.3, 0.4) is 0 Å². The van der Waals surface area contributed by atoms with Gasteiger partial charge in [0.05, 0.1) is 10.5 Å². The Morgan fingerprint density at radius 2 is 1.63 bits per heavy atom. The third-order valence-electron chi connectivity index (χ3n) is 3.19. The molecule has 0 aliphatic carbocycles. The second-order valence-corrected chi connectivity index (χ2v) is 7.00. The molecule has 0 radical (unpaired) electrons. The van der Waals surface area contributed by atoms with Gasteiger partial charge in [-0.15, -0.1) is 0 Å². The van der Waals surface area contributed by atoms with E-state index in [-0.39, 0.29) is 11.3 Å². The predicted molar refractivity (Wildman–Crippen MR) is 84.9 cm³/mol. The summed E-state index contributed by atoms with van der Waals surface area (Å²) in [6.07, 6.45) is 0. The average Bonchev–Trinajstić information content (AvgIpc) is 2.62. The second kappa shape index (κ2) is 8.16. The topological polar surface area (TPSA) is 89.5 Å². The minimum absolute atomic E-state index is 0.0588. The van der Waals surface area contributed by atoms with E-state index < -0.39 is 50.6 Å². The summed E-state index contributed by atoms with van der Waals surface area (Å²) < 4.78 is 77.9. The van der Waals surface area contributed by atoms with Crippen LogP contribution in [0.1, 0.15) is 10.4 Å². The van der Waals surface area contributed by atoms with Crippen molar-refractivity contribution in [1.29, 1.82) is 0 Å². The van der Waals surface area contributed by atoms with Gasteiger partial charge in [0.15, 0.2) is 18.2 Å². The number of nitrogens with one attached hydrogen (secondary N) is 1. The number of halogens is 4. The monoisotopic (exact) mass is 405 g/mol. The molecule has 27 heavy (non-hydrogen) atoms. The zero-order chi connectivity index (χ0) is 20.2. The number of alkyl halides is 2. The van der Waals surface area contributed by atoms with E-state index in [0.29, 0.717) is 0 Å². The van der Waals surface area contributed by atoms with Crippen LogP contribution in [0.15, 0.2) is 47.4 Å². The molecule has 1 amide bonds. The summed E-state index contributed by atoms with van der Waals surface area (Å²) in [5.74, 6) is -7.74. The number of hydrogen-bond acceptors (Lipinski definition) is 5. The number of anilines is 1. The predicted octanol–water partition coefficient (Wildman–Crippen LogP) is 2.76. The smallest absolute Gasteiger partial charge is 0.341 e. The highest BCUT2D eigenvalue weighted by molar-refractivity contribution is 7.91. The summed E-state index contributed by atoms with van der Waals surface area (Å²) in [4.78, 5) is 22.7. The second-order valence-electron chi connectivity index (χ2n) is 5.08. The maximum absolute atomic E-state index is 13.0. The molecule has 0 bridgehead atoms. The number of esters is 1. The van der Waals surface area contributed by atoms with Crippen molar-refractivity contribution < 1.29 is 40.3 Å². The summed E-state index contributed by atoms with van der Waals surface area (Å²) in [5.41, 5.74) is -0.236. The Morgan fingerprint density at radius 1 is 1.00 bits per heavy atom. The Balaban J connectivity index is 1.95. The molecule has 0 fully saturated rings. The lowest BCUT2D eigenvalue weighted by Crippen LogP contribution is -2.21. The van der Waals surface area contributed by atoms with Gasteiger partial charge in [0.25, 0.3) is 5.91 Å². The molecule has 0 heterocycles. The van der Waals surface area contributed by atoms with Gasteiger partial charge >= 0.3 is 11.7 Å². The zero-order valence-corrected chi connectivity index (χ0v) is 14.1. The van der Waals surface area contributed by atoms with E-state index in [9.17, 15) is 35.6 Å². The van der Waals surface area contributed by atoms with Crippen molar-refractivity contribution in [2.75, 3.05) is 11.9 Å². The summed E-state index contributed by atoms with van der Waals surface area (Å²) in [6.45, 7) is -0.769. The molecular formula is C16H11F4NO5S. The fourth-order valence-electron chi connectivity index (χ4n) is 1.87. The Bertz CT molecular complexity index is 961. The lowest BCUT2D eigenvalue weighted by Gasteiger charge is -2.08. The molecule has 0 aromatic heterocycles. The van der Waals surface area contributed by atoms with Crippen LogP contribution in [-0.4, -0.2) is 32.7 Å². The summed E-state index contributed by atoms with van der Waals surface area (Å²) in [6, 6.07) is 6.14. The van der Waals surface area contributed by atoms with Crippen LogP contribution in [0.2, 0.25) is 0 Å². The maximum atomic E-state index is 13.0. The number of carbonyl (C=O) groups is 2. The van der Waals surface area contributed by atoms with E-state index in [0.717, 1.165) is 42.5 Å². The summed E-state index contributed by atoms with van der Waals surface area (Å²) in [7, 11) is -4.79. The quantitative estimate of drug-likeness (QED) is 0.590. The molecule has 2 rings (SSSR count). The molecule has 0 saturated heterocycles. The number of rotatable bonds is 6. The van der Waals surface area contributed by atoms with Crippen LogP contribution in [0.5, 0.6) is 0 Å². The standard InChI is InChI=1S/C16H11F4NO5S/c17-12-6-3-10(7-13(12)18)21-14(22)8-26-15(23)9-1-4-11(5-2-9)27(24,25)16(19)20/h1-7,16H,8H2,(H,21,22). The van der Waals surface area contributed by atoms with Gasteiger partial charge in [-0.25, -0.2) is 22.0 Å². The van der Waals surface area contributed by atoms with Gasteiger partial charge in [0.2, 0.25) is 9.84 Å². The Labute approximate surface area is 150 Å². The van der Waals surface area contributed by atoms with Gasteiger partial charge in [-0.2, -0.15) is 8.78 Å². The van der Waals surface area contributed by atoms with Gasteiger partial charge in [0.1, 0.15) is 0 Å². The summed E-state index contributed by atoms with van der Waals surface area (Å²) >= 11 is 0. The highest BCUT2D eigenvalue weighted by atomic mass is 32.2. The first-order valence-electron chi connectivity index (χ1n) is 7.15. The third kappa shape index (κ3) is 5.03. The minimum atomic E-state index is -4.79. The van der Waals surface area contributed by atoms with Crippen LogP contribution in [0.4, 0.5) is 23.2 Å². The van der Waals surface area contributed by atoms with Gasteiger partial charge in [-0.1, -0.05) is 0 Å². The highest BCUT2D eigenvalue weighted by Crippen LogP contribution is 2.19. The van der Waals surface area contributed by atoms with Crippen LogP contribution in [0.25, 0.3) is 0 Å². The maximum Gasteiger partial charge on any atom is 0.341 e. The molecule has 0 aliphatic heterocycles. The van der Waals surface area contributed by atoms with Gasteiger partial charge in [-0.05, 0) is 36.4 Å². The lowest BCUT2D eigenvalue weighted by molar-refractivity contribution is -0.119. The molecule has 0 atom stereocenters. The molecule has 0 aliphatic rings. The van der Waals surface area contributed by atoms with Gasteiger partial charge in [-0.3, -0.25) is 4.79 Å². The number of carbonyl (C=O) groups excluding carboxylic acids is 2.